The van der Waals surface area contributed by atoms with Gasteiger partial charge in [-0.1, -0.05) is 35.9 Å². The van der Waals surface area contributed by atoms with Crippen molar-refractivity contribution in [3.05, 3.63) is 60.2 Å². The van der Waals surface area contributed by atoms with Crippen LogP contribution in [-0.2, 0) is 0 Å². The number of rotatable bonds is 2. The normalized spacial score (nSPS) is 9.94. The van der Waals surface area contributed by atoms with E-state index in [0.717, 1.165) is 11.4 Å². The third-order valence-electron chi connectivity index (χ3n) is 2.53. The number of nitrogens with two attached hydrogens (primary N) is 1. The van der Waals surface area contributed by atoms with Gasteiger partial charge in [-0.05, 0) is 43.4 Å². The van der Waals surface area contributed by atoms with Gasteiger partial charge in [-0.3, -0.25) is 4.90 Å². The Morgan fingerprint density at radius 3 is 2.00 bits per heavy atom. The molecule has 2 aromatic carbocycles. The van der Waals surface area contributed by atoms with Crippen molar-refractivity contribution in [1.82, 2.24) is 0 Å². The molecule has 0 atom stereocenters. The summed E-state index contributed by atoms with van der Waals surface area (Å²) in [5.74, 6) is 0. The predicted octanol–water partition coefficient (Wildman–Crippen LogP) is 3.38. The van der Waals surface area contributed by atoms with Gasteiger partial charge in [-0.2, -0.15) is 0 Å². The van der Waals surface area contributed by atoms with Gasteiger partial charge in [0.05, 0.1) is 0 Å². The van der Waals surface area contributed by atoms with Crippen LogP contribution < -0.4 is 10.6 Å². The Labute approximate surface area is 107 Å². The van der Waals surface area contributed by atoms with Crippen LogP contribution in [0.15, 0.2) is 54.6 Å². The molecule has 0 aliphatic heterocycles. The highest BCUT2D eigenvalue weighted by Crippen LogP contribution is 2.24. The second kappa shape index (κ2) is 4.97. The van der Waals surface area contributed by atoms with Gasteiger partial charge in [-0.15, -0.1) is 0 Å². The van der Waals surface area contributed by atoms with E-state index in [9.17, 15) is 0 Å². The van der Waals surface area contributed by atoms with Crippen LogP contribution in [0.5, 0.6) is 0 Å². The molecule has 0 amide bonds. The lowest BCUT2D eigenvalue weighted by Crippen LogP contribution is -2.31. The summed E-state index contributed by atoms with van der Waals surface area (Å²) < 4.78 is 0. The summed E-state index contributed by atoms with van der Waals surface area (Å²) in [5, 5.41) is 0.347. The molecule has 2 rings (SSSR count). The summed E-state index contributed by atoms with van der Waals surface area (Å²) in [4.78, 5) is 1.86. The van der Waals surface area contributed by atoms with Gasteiger partial charge in [0, 0.05) is 11.4 Å². The fraction of sp³-hybridized carbons (Fsp3) is 0.0714. The van der Waals surface area contributed by atoms with Gasteiger partial charge in [0.2, 0.25) is 0 Å². The Morgan fingerprint density at radius 2 is 1.47 bits per heavy atom. The summed E-state index contributed by atoms with van der Waals surface area (Å²) in [6, 6.07) is 18.0. The molecule has 0 aliphatic rings. The minimum atomic E-state index is 0.347. The van der Waals surface area contributed by atoms with E-state index in [2.05, 4.69) is 6.92 Å². The fourth-order valence-electron chi connectivity index (χ4n) is 1.67. The SMILES string of the molecule is Cc1ccc(N(C(N)=S)c2ccccc2)cc1. The topological polar surface area (TPSA) is 29.3 Å². The second-order valence-corrected chi connectivity index (χ2v) is 4.26. The molecule has 0 spiro atoms. The van der Waals surface area contributed by atoms with Gasteiger partial charge in [0.15, 0.2) is 5.11 Å². The monoisotopic (exact) mass is 242 g/mol. The standard InChI is InChI=1S/C14H14N2S/c1-11-7-9-13(10-8-11)16(14(15)17)12-5-3-2-4-6-12/h2-10H,1H3,(H2,15,17). The maximum atomic E-state index is 5.80. The molecular weight excluding hydrogens is 228 g/mol. The Balaban J connectivity index is 2.43. The first kappa shape index (κ1) is 11.6. The lowest BCUT2D eigenvalue weighted by Gasteiger charge is -2.23. The first-order chi connectivity index (χ1) is 8.18. The number of benzene rings is 2. The summed E-state index contributed by atoms with van der Waals surface area (Å²) in [6.45, 7) is 2.05. The van der Waals surface area contributed by atoms with Gasteiger partial charge in [0.25, 0.3) is 0 Å². The highest BCUT2D eigenvalue weighted by Gasteiger charge is 2.10. The zero-order valence-electron chi connectivity index (χ0n) is 9.63. The zero-order valence-corrected chi connectivity index (χ0v) is 10.4. The van der Waals surface area contributed by atoms with E-state index in [1.165, 1.54) is 5.56 Å². The predicted molar refractivity (Wildman–Crippen MR) is 76.5 cm³/mol. The molecule has 2 aromatic rings. The number of para-hydroxylation sites is 1. The van der Waals surface area contributed by atoms with Crippen molar-refractivity contribution in [2.45, 2.75) is 6.92 Å². The molecule has 0 bridgehead atoms. The molecule has 17 heavy (non-hydrogen) atoms. The maximum absolute atomic E-state index is 5.80. The van der Waals surface area contributed by atoms with Crippen molar-refractivity contribution in [2.75, 3.05) is 4.90 Å². The Morgan fingerprint density at radius 1 is 0.941 bits per heavy atom. The first-order valence-corrected chi connectivity index (χ1v) is 5.80. The van der Waals surface area contributed by atoms with Gasteiger partial charge >= 0.3 is 0 Å². The number of thiocarbonyl (C=S) groups is 1. The number of hydrogen-bond donors (Lipinski definition) is 1. The molecule has 0 radical (unpaired) electrons. The summed E-state index contributed by atoms with van der Waals surface area (Å²) in [7, 11) is 0. The van der Waals surface area contributed by atoms with Crippen LogP contribution in [0.4, 0.5) is 11.4 Å². The van der Waals surface area contributed by atoms with E-state index < -0.39 is 0 Å². The van der Waals surface area contributed by atoms with Crippen LogP contribution in [0.3, 0.4) is 0 Å². The smallest absolute Gasteiger partial charge is 0.175 e. The highest BCUT2D eigenvalue weighted by atomic mass is 32.1. The number of aryl methyl sites for hydroxylation is 1. The summed E-state index contributed by atoms with van der Waals surface area (Å²) >= 11 is 5.12. The highest BCUT2D eigenvalue weighted by molar-refractivity contribution is 7.80. The number of nitrogens with zero attached hydrogens (tertiary/aromatic N) is 1. The molecule has 2 nitrogen and oxygen atoms in total. The van der Waals surface area contributed by atoms with E-state index in [4.69, 9.17) is 18.0 Å². The third kappa shape index (κ3) is 2.63. The van der Waals surface area contributed by atoms with Crippen molar-refractivity contribution in [3.8, 4) is 0 Å². The van der Waals surface area contributed by atoms with Crippen molar-refractivity contribution >= 4 is 28.7 Å². The summed E-state index contributed by atoms with van der Waals surface area (Å²) in [5.41, 5.74) is 8.97. The molecule has 3 heteroatoms. The molecule has 0 saturated heterocycles. The number of anilines is 2. The van der Waals surface area contributed by atoms with Crippen molar-refractivity contribution in [1.29, 1.82) is 0 Å². The van der Waals surface area contributed by atoms with Crippen LogP contribution in [0.1, 0.15) is 5.56 Å². The third-order valence-corrected chi connectivity index (χ3v) is 2.71. The van der Waals surface area contributed by atoms with Crippen LogP contribution >= 0.6 is 12.2 Å². The quantitative estimate of drug-likeness (QED) is 0.819. The number of hydrogen-bond acceptors (Lipinski definition) is 1. The Kier molecular flexibility index (Phi) is 3.40. The largest absolute Gasteiger partial charge is 0.376 e. The minimum absolute atomic E-state index is 0.347. The molecule has 86 valence electrons. The Bertz CT molecular complexity index is 506. The van der Waals surface area contributed by atoms with Gasteiger partial charge in [-0.25, -0.2) is 0 Å². The van der Waals surface area contributed by atoms with Crippen LogP contribution in [0.25, 0.3) is 0 Å². The first-order valence-electron chi connectivity index (χ1n) is 5.40. The molecule has 2 N–H and O–H groups in total. The molecule has 0 unspecified atom stereocenters. The van der Waals surface area contributed by atoms with Crippen LogP contribution in [0, 0.1) is 6.92 Å². The van der Waals surface area contributed by atoms with Gasteiger partial charge in [0.1, 0.15) is 0 Å². The van der Waals surface area contributed by atoms with Gasteiger partial charge < -0.3 is 5.73 Å². The van der Waals surface area contributed by atoms with E-state index in [0.29, 0.717) is 5.11 Å². The average Bonchev–Trinajstić information content (AvgIpc) is 2.33. The lowest BCUT2D eigenvalue weighted by molar-refractivity contribution is 1.33. The van der Waals surface area contributed by atoms with Crippen LogP contribution in [-0.4, -0.2) is 5.11 Å². The minimum Gasteiger partial charge on any atom is -0.376 e. The van der Waals surface area contributed by atoms with Crippen molar-refractivity contribution in [3.63, 3.8) is 0 Å². The van der Waals surface area contributed by atoms with E-state index in [-0.39, 0.29) is 0 Å². The van der Waals surface area contributed by atoms with Crippen molar-refractivity contribution in [2.24, 2.45) is 5.73 Å². The zero-order chi connectivity index (χ0) is 12.3. The Hall–Kier alpha value is -1.87. The lowest BCUT2D eigenvalue weighted by atomic mass is 10.2. The second-order valence-electron chi connectivity index (χ2n) is 3.84. The average molecular weight is 242 g/mol. The molecule has 0 aromatic heterocycles. The molecule has 0 fully saturated rings. The van der Waals surface area contributed by atoms with E-state index in [1.807, 2.05) is 59.5 Å². The maximum Gasteiger partial charge on any atom is 0.175 e. The molecule has 0 saturated carbocycles. The van der Waals surface area contributed by atoms with Crippen LogP contribution in [0.2, 0.25) is 0 Å². The fourth-order valence-corrected chi connectivity index (χ4v) is 1.89. The molecule has 0 heterocycles. The van der Waals surface area contributed by atoms with Crippen molar-refractivity contribution < 1.29 is 0 Å². The molecular formula is C14H14N2S. The van der Waals surface area contributed by atoms with E-state index >= 15 is 0 Å². The molecule has 0 aliphatic carbocycles. The van der Waals surface area contributed by atoms with E-state index in [1.54, 1.807) is 0 Å². The summed E-state index contributed by atoms with van der Waals surface area (Å²) in [6.07, 6.45) is 0.